The molecule has 1 amide bonds. The summed E-state index contributed by atoms with van der Waals surface area (Å²) in [5, 5.41) is 7.06. The summed E-state index contributed by atoms with van der Waals surface area (Å²) in [4.78, 5) is 19.5. The summed E-state index contributed by atoms with van der Waals surface area (Å²) >= 11 is 0. The fourth-order valence-corrected chi connectivity index (χ4v) is 4.07. The predicted molar refractivity (Wildman–Crippen MR) is 101 cm³/mol. The van der Waals surface area contributed by atoms with Gasteiger partial charge in [-0.2, -0.15) is 5.10 Å². The average Bonchev–Trinajstić information content (AvgIpc) is 3.37. The zero-order valence-corrected chi connectivity index (χ0v) is 15.5. The van der Waals surface area contributed by atoms with Crippen LogP contribution in [0.3, 0.4) is 0 Å². The molecule has 0 saturated heterocycles. The Balaban J connectivity index is 1.71. The van der Waals surface area contributed by atoms with Crippen LogP contribution in [0.4, 0.5) is 10.2 Å². The van der Waals surface area contributed by atoms with E-state index in [1.165, 1.54) is 12.3 Å². The quantitative estimate of drug-likeness (QED) is 0.701. The summed E-state index contributed by atoms with van der Waals surface area (Å²) in [5.74, 6) is 0.848. The van der Waals surface area contributed by atoms with Crippen molar-refractivity contribution < 1.29 is 13.9 Å². The van der Waals surface area contributed by atoms with Gasteiger partial charge in [-0.25, -0.2) is 13.9 Å². The highest BCUT2D eigenvalue weighted by molar-refractivity contribution is 5.99. The number of hydrogen-bond donors (Lipinski definition) is 1. The number of hydrogen-bond acceptors (Lipinski definition) is 5. The number of carbonyl (C=O) groups is 1. The lowest BCUT2D eigenvalue weighted by molar-refractivity contribution is 0.0948. The van der Waals surface area contributed by atoms with Gasteiger partial charge in [0.1, 0.15) is 29.6 Å². The molecule has 0 atom stereocenters. The first-order valence-corrected chi connectivity index (χ1v) is 9.45. The highest BCUT2D eigenvalue weighted by atomic mass is 19.1. The third-order valence-corrected chi connectivity index (χ3v) is 5.52. The van der Waals surface area contributed by atoms with Crippen molar-refractivity contribution >= 4 is 17.4 Å². The molecule has 2 aromatic heterocycles. The second kappa shape index (κ2) is 6.19. The zero-order valence-electron chi connectivity index (χ0n) is 15.5. The first-order chi connectivity index (χ1) is 13.6. The number of halogens is 1. The number of carbonyl (C=O) groups excluding carboxylic acids is 1. The lowest BCUT2D eigenvalue weighted by Crippen LogP contribution is -2.36. The molecule has 1 fully saturated rings. The van der Waals surface area contributed by atoms with Crippen LogP contribution in [0.5, 0.6) is 5.75 Å². The van der Waals surface area contributed by atoms with Crippen LogP contribution in [-0.2, 0) is 5.54 Å². The molecule has 0 radical (unpaired) electrons. The van der Waals surface area contributed by atoms with Gasteiger partial charge in [-0.05, 0) is 44.0 Å². The number of anilines is 1. The molecule has 8 heteroatoms. The maximum Gasteiger partial charge on any atom is 0.256 e. The van der Waals surface area contributed by atoms with Crippen LogP contribution in [0, 0.1) is 5.82 Å². The maximum absolute atomic E-state index is 14.1. The van der Waals surface area contributed by atoms with Gasteiger partial charge in [-0.15, -0.1) is 0 Å². The van der Waals surface area contributed by atoms with E-state index in [-0.39, 0.29) is 17.3 Å². The van der Waals surface area contributed by atoms with Crippen molar-refractivity contribution in [3.8, 4) is 5.75 Å². The smallest absolute Gasteiger partial charge is 0.256 e. The van der Waals surface area contributed by atoms with E-state index in [1.54, 1.807) is 22.8 Å². The molecule has 3 heterocycles. The molecule has 1 aromatic carbocycles. The molecule has 1 spiro atoms. The molecule has 0 unspecified atom stereocenters. The Kier molecular flexibility index (Phi) is 3.75. The molecule has 28 heavy (non-hydrogen) atoms. The van der Waals surface area contributed by atoms with E-state index >= 15 is 0 Å². The molecular formula is C20H20FN5O2. The van der Waals surface area contributed by atoms with Crippen molar-refractivity contribution in [3.05, 3.63) is 53.6 Å². The van der Waals surface area contributed by atoms with E-state index in [0.29, 0.717) is 36.7 Å². The van der Waals surface area contributed by atoms with Gasteiger partial charge in [-0.3, -0.25) is 4.79 Å². The monoisotopic (exact) mass is 381 g/mol. The van der Waals surface area contributed by atoms with E-state index in [9.17, 15) is 9.18 Å². The van der Waals surface area contributed by atoms with E-state index in [2.05, 4.69) is 15.3 Å². The second-order valence-corrected chi connectivity index (χ2v) is 7.13. The van der Waals surface area contributed by atoms with Crippen molar-refractivity contribution in [1.29, 1.82) is 0 Å². The molecule has 2 aliphatic rings. The number of rotatable bonds is 1. The lowest BCUT2D eigenvalue weighted by Gasteiger charge is -2.33. The number of nitrogens with zero attached hydrogens (tertiary/aromatic N) is 4. The molecule has 1 aliphatic carbocycles. The average molecular weight is 381 g/mol. The Hall–Kier alpha value is -3.16. The maximum atomic E-state index is 14.1. The van der Waals surface area contributed by atoms with Crippen molar-refractivity contribution in [3.63, 3.8) is 0 Å². The summed E-state index contributed by atoms with van der Waals surface area (Å²) in [6, 6.07) is 6.52. The fraction of sp³-hybridized carbons (Fsp3) is 0.350. The Labute approximate surface area is 161 Å². The number of ether oxygens (including phenoxy) is 1. The minimum atomic E-state index is -0.358. The Bertz CT molecular complexity index is 1080. The van der Waals surface area contributed by atoms with Crippen LogP contribution < -0.4 is 15.0 Å². The van der Waals surface area contributed by atoms with Crippen molar-refractivity contribution in [2.75, 3.05) is 24.6 Å². The lowest BCUT2D eigenvalue weighted by atomic mass is 10.0. The van der Waals surface area contributed by atoms with Crippen LogP contribution in [-0.4, -0.2) is 40.2 Å². The van der Waals surface area contributed by atoms with Gasteiger partial charge in [0.2, 0.25) is 0 Å². The van der Waals surface area contributed by atoms with Gasteiger partial charge in [0.25, 0.3) is 5.91 Å². The Morgan fingerprint density at radius 2 is 2.18 bits per heavy atom. The topological polar surface area (TPSA) is 71.8 Å². The SMILES string of the molecule is CCN1c2ccn3ncc(c3n2)C(=O)NCCOc2ccc(F)cc2C12CC2. The summed E-state index contributed by atoms with van der Waals surface area (Å²) in [6.45, 7) is 3.36. The van der Waals surface area contributed by atoms with Crippen LogP contribution >= 0.6 is 0 Å². The van der Waals surface area contributed by atoms with Gasteiger partial charge in [-0.1, -0.05) is 0 Å². The van der Waals surface area contributed by atoms with E-state index in [4.69, 9.17) is 9.72 Å². The largest absolute Gasteiger partial charge is 0.491 e. The van der Waals surface area contributed by atoms with Gasteiger partial charge in [0.05, 0.1) is 18.3 Å². The molecule has 1 N–H and O–H groups in total. The highest BCUT2D eigenvalue weighted by Gasteiger charge is 2.51. The van der Waals surface area contributed by atoms with E-state index in [0.717, 1.165) is 24.2 Å². The molecule has 3 aromatic rings. The van der Waals surface area contributed by atoms with Crippen molar-refractivity contribution in [2.24, 2.45) is 0 Å². The minimum Gasteiger partial charge on any atom is -0.491 e. The number of amides is 1. The van der Waals surface area contributed by atoms with Crippen LogP contribution in [0.2, 0.25) is 0 Å². The van der Waals surface area contributed by atoms with Crippen molar-refractivity contribution in [2.45, 2.75) is 25.3 Å². The standard InChI is InChI=1S/C20H20FN5O2/c1-2-25-17-5-9-26-18(24-17)14(12-23-26)19(27)22-8-10-28-16-4-3-13(21)11-15(16)20(25)6-7-20/h3-5,9,11-12H,2,6-8,10H2,1H3,(H,22,27). The Morgan fingerprint density at radius 1 is 1.32 bits per heavy atom. The van der Waals surface area contributed by atoms with E-state index < -0.39 is 0 Å². The first kappa shape index (κ1) is 17.0. The minimum absolute atomic E-state index is 0.244. The molecular weight excluding hydrogens is 361 g/mol. The number of fused-ring (bicyclic) bond motifs is 3. The van der Waals surface area contributed by atoms with Gasteiger partial charge < -0.3 is 15.0 Å². The molecule has 1 saturated carbocycles. The van der Waals surface area contributed by atoms with E-state index in [1.807, 2.05) is 13.0 Å². The van der Waals surface area contributed by atoms with Crippen LogP contribution in [0.1, 0.15) is 35.7 Å². The Morgan fingerprint density at radius 3 is 2.96 bits per heavy atom. The molecule has 1 aliphatic heterocycles. The zero-order chi connectivity index (χ0) is 19.3. The summed E-state index contributed by atoms with van der Waals surface area (Å²) < 4.78 is 21.7. The van der Waals surface area contributed by atoms with Gasteiger partial charge in [0.15, 0.2) is 5.65 Å². The highest BCUT2D eigenvalue weighted by Crippen LogP contribution is 2.55. The molecule has 144 valence electrons. The molecule has 5 rings (SSSR count). The fourth-order valence-electron chi connectivity index (χ4n) is 4.07. The van der Waals surface area contributed by atoms with Crippen molar-refractivity contribution in [1.82, 2.24) is 19.9 Å². The van der Waals surface area contributed by atoms with Crippen LogP contribution in [0.25, 0.3) is 5.65 Å². The summed E-state index contributed by atoms with van der Waals surface area (Å²) in [7, 11) is 0. The summed E-state index contributed by atoms with van der Waals surface area (Å²) in [6.07, 6.45) is 5.10. The van der Waals surface area contributed by atoms with Gasteiger partial charge >= 0.3 is 0 Å². The number of nitrogens with one attached hydrogen (secondary N) is 1. The molecule has 7 nitrogen and oxygen atoms in total. The number of aromatic nitrogens is 3. The third kappa shape index (κ3) is 2.51. The second-order valence-electron chi connectivity index (χ2n) is 7.13. The molecule has 2 bridgehead atoms. The van der Waals surface area contributed by atoms with Gasteiger partial charge in [0, 0.05) is 18.3 Å². The normalized spacial score (nSPS) is 18.1. The third-order valence-electron chi connectivity index (χ3n) is 5.52. The number of benzene rings is 1. The van der Waals surface area contributed by atoms with Crippen LogP contribution in [0.15, 0.2) is 36.7 Å². The summed E-state index contributed by atoms with van der Waals surface area (Å²) in [5.41, 5.74) is 1.40. The first-order valence-electron chi connectivity index (χ1n) is 9.45. The predicted octanol–water partition coefficient (Wildman–Crippen LogP) is 2.51.